The number of halogens is 1. The van der Waals surface area contributed by atoms with Gasteiger partial charge in [-0.2, -0.15) is 0 Å². The van der Waals surface area contributed by atoms with E-state index in [4.69, 9.17) is 21.1 Å². The molecule has 0 saturated heterocycles. The summed E-state index contributed by atoms with van der Waals surface area (Å²) in [6.45, 7) is 1.89. The number of hydrogen-bond acceptors (Lipinski definition) is 6. The smallest absolute Gasteiger partial charge is 0.287 e. The highest BCUT2D eigenvalue weighted by Crippen LogP contribution is 2.29. The van der Waals surface area contributed by atoms with Crippen LogP contribution in [-0.2, 0) is 4.79 Å². The van der Waals surface area contributed by atoms with Crippen LogP contribution in [0.25, 0.3) is 5.69 Å². The van der Waals surface area contributed by atoms with Crippen LogP contribution >= 0.6 is 23.4 Å². The van der Waals surface area contributed by atoms with Gasteiger partial charge in [0.1, 0.15) is 11.5 Å². The Morgan fingerprint density at radius 1 is 1.20 bits per heavy atom. The molecule has 0 radical (unpaired) electrons. The first-order chi connectivity index (χ1) is 14.4. The van der Waals surface area contributed by atoms with E-state index in [1.165, 1.54) is 17.9 Å². The van der Waals surface area contributed by atoms with Gasteiger partial charge in [-0.25, -0.2) is 4.98 Å². The van der Waals surface area contributed by atoms with Gasteiger partial charge in [0.15, 0.2) is 5.03 Å². The number of aromatic nitrogens is 2. The van der Waals surface area contributed by atoms with Gasteiger partial charge >= 0.3 is 0 Å². The van der Waals surface area contributed by atoms with E-state index >= 15 is 0 Å². The lowest BCUT2D eigenvalue weighted by Crippen LogP contribution is -2.22. The molecule has 0 aliphatic heterocycles. The molecular weight excluding hydrogens is 426 g/mol. The number of anilines is 1. The topological polar surface area (TPSA) is 82.5 Å². The van der Waals surface area contributed by atoms with Crippen LogP contribution in [0.5, 0.6) is 11.5 Å². The van der Waals surface area contributed by atoms with Gasteiger partial charge in [0.05, 0.1) is 31.3 Å². The highest BCUT2D eigenvalue weighted by atomic mass is 35.5. The van der Waals surface area contributed by atoms with Crippen LogP contribution in [-0.4, -0.2) is 35.4 Å². The molecular formula is C21H20ClN3O4S. The molecule has 156 valence electrons. The molecule has 1 amide bonds. The SMILES string of the molecule is COc1ccc(NC(=O)CSc2nccn(-c3ccc(C)c(Cl)c3)c2=O)c(OC)c1. The molecule has 1 aromatic heterocycles. The van der Waals surface area contributed by atoms with Crippen LogP contribution in [0.4, 0.5) is 5.69 Å². The van der Waals surface area contributed by atoms with E-state index in [-0.39, 0.29) is 22.2 Å². The first-order valence-corrected chi connectivity index (χ1v) is 10.3. The minimum atomic E-state index is -0.322. The van der Waals surface area contributed by atoms with E-state index in [2.05, 4.69) is 10.3 Å². The summed E-state index contributed by atoms with van der Waals surface area (Å²) in [6.07, 6.45) is 3.08. The summed E-state index contributed by atoms with van der Waals surface area (Å²) < 4.78 is 11.9. The van der Waals surface area contributed by atoms with Crippen LogP contribution in [0.2, 0.25) is 5.02 Å². The first-order valence-electron chi connectivity index (χ1n) is 8.91. The quantitative estimate of drug-likeness (QED) is 0.554. The molecule has 3 aromatic rings. The number of hydrogen-bond donors (Lipinski definition) is 1. The summed E-state index contributed by atoms with van der Waals surface area (Å²) in [4.78, 5) is 29.3. The Morgan fingerprint density at radius 3 is 2.70 bits per heavy atom. The number of rotatable bonds is 7. The molecule has 0 fully saturated rings. The Balaban J connectivity index is 1.72. The Morgan fingerprint density at radius 2 is 2.00 bits per heavy atom. The first kappa shape index (κ1) is 21.7. The van der Waals surface area contributed by atoms with Gasteiger partial charge in [0.25, 0.3) is 5.56 Å². The summed E-state index contributed by atoms with van der Waals surface area (Å²) >= 11 is 7.23. The number of aryl methyl sites for hydroxylation is 1. The van der Waals surface area contributed by atoms with Gasteiger partial charge in [-0.3, -0.25) is 14.2 Å². The highest BCUT2D eigenvalue weighted by Gasteiger charge is 2.13. The Hall–Kier alpha value is -2.97. The zero-order valence-electron chi connectivity index (χ0n) is 16.6. The highest BCUT2D eigenvalue weighted by molar-refractivity contribution is 7.99. The lowest BCUT2D eigenvalue weighted by atomic mass is 10.2. The summed E-state index contributed by atoms with van der Waals surface area (Å²) in [5.41, 5.74) is 1.74. The van der Waals surface area contributed by atoms with Crippen LogP contribution in [0.15, 0.2) is 58.6 Å². The third-order valence-electron chi connectivity index (χ3n) is 4.27. The van der Waals surface area contributed by atoms with Crippen molar-refractivity contribution >= 4 is 35.0 Å². The second-order valence-corrected chi connectivity index (χ2v) is 7.62. The standard InChI is InChI=1S/C21H20ClN3O4S/c1-13-4-5-14(10-16(13)22)25-9-8-23-20(21(25)27)30-12-19(26)24-17-7-6-15(28-2)11-18(17)29-3/h4-11H,12H2,1-3H3,(H,24,26). The van der Waals surface area contributed by atoms with Gasteiger partial charge < -0.3 is 14.8 Å². The summed E-state index contributed by atoms with van der Waals surface area (Å²) in [5, 5.41) is 3.55. The summed E-state index contributed by atoms with van der Waals surface area (Å²) in [5.74, 6) is 0.808. The van der Waals surface area contributed by atoms with Gasteiger partial charge in [-0.05, 0) is 36.8 Å². The normalized spacial score (nSPS) is 10.5. The molecule has 7 nitrogen and oxygen atoms in total. The number of amides is 1. The fourth-order valence-corrected chi connectivity index (χ4v) is 3.52. The molecule has 1 heterocycles. The zero-order valence-corrected chi connectivity index (χ0v) is 18.2. The van der Waals surface area contributed by atoms with Crippen LogP contribution in [0, 0.1) is 6.92 Å². The number of benzene rings is 2. The molecule has 3 rings (SSSR count). The number of ether oxygens (including phenoxy) is 2. The molecule has 0 bridgehead atoms. The second kappa shape index (κ2) is 9.69. The van der Waals surface area contributed by atoms with Crippen molar-refractivity contribution in [1.82, 2.24) is 9.55 Å². The molecule has 0 saturated carbocycles. The van der Waals surface area contributed by atoms with Crippen molar-refractivity contribution in [3.8, 4) is 17.2 Å². The average Bonchev–Trinajstić information content (AvgIpc) is 2.75. The number of carbonyl (C=O) groups excluding carboxylic acids is 1. The lowest BCUT2D eigenvalue weighted by molar-refractivity contribution is -0.113. The monoisotopic (exact) mass is 445 g/mol. The predicted molar refractivity (Wildman–Crippen MR) is 118 cm³/mol. The Kier molecular flexibility index (Phi) is 7.02. The maximum absolute atomic E-state index is 12.8. The Bertz CT molecular complexity index is 1130. The van der Waals surface area contributed by atoms with Gasteiger partial charge in [0.2, 0.25) is 5.91 Å². The van der Waals surface area contributed by atoms with Crippen molar-refractivity contribution in [2.75, 3.05) is 25.3 Å². The molecule has 0 spiro atoms. The number of methoxy groups -OCH3 is 2. The fraction of sp³-hybridized carbons (Fsp3) is 0.190. The third kappa shape index (κ3) is 4.95. The summed E-state index contributed by atoms with van der Waals surface area (Å²) in [6, 6.07) is 10.4. The van der Waals surface area contributed by atoms with E-state index < -0.39 is 0 Å². The average molecular weight is 446 g/mol. The maximum atomic E-state index is 12.8. The van der Waals surface area contributed by atoms with Gasteiger partial charge in [-0.1, -0.05) is 29.4 Å². The van der Waals surface area contributed by atoms with Crippen molar-refractivity contribution in [3.63, 3.8) is 0 Å². The van der Waals surface area contributed by atoms with E-state index in [0.29, 0.717) is 27.9 Å². The largest absolute Gasteiger partial charge is 0.497 e. The molecule has 1 N–H and O–H groups in total. The minimum absolute atomic E-state index is 0.0100. The molecule has 0 unspecified atom stereocenters. The molecule has 0 aliphatic carbocycles. The minimum Gasteiger partial charge on any atom is -0.497 e. The van der Waals surface area contributed by atoms with Crippen LogP contribution in [0.3, 0.4) is 0 Å². The Labute approximate surface area is 183 Å². The zero-order chi connectivity index (χ0) is 21.7. The summed E-state index contributed by atoms with van der Waals surface area (Å²) in [7, 11) is 3.06. The molecule has 0 aliphatic rings. The van der Waals surface area contributed by atoms with Crippen molar-refractivity contribution < 1.29 is 14.3 Å². The number of carbonyl (C=O) groups is 1. The van der Waals surface area contributed by atoms with Crippen molar-refractivity contribution in [2.45, 2.75) is 11.9 Å². The third-order valence-corrected chi connectivity index (χ3v) is 5.63. The van der Waals surface area contributed by atoms with E-state index in [9.17, 15) is 9.59 Å². The lowest BCUT2D eigenvalue weighted by Gasteiger charge is -2.11. The maximum Gasteiger partial charge on any atom is 0.287 e. The van der Waals surface area contributed by atoms with Gasteiger partial charge in [0, 0.05) is 23.5 Å². The molecule has 30 heavy (non-hydrogen) atoms. The van der Waals surface area contributed by atoms with E-state index in [1.807, 2.05) is 13.0 Å². The van der Waals surface area contributed by atoms with Crippen molar-refractivity contribution in [3.05, 3.63) is 69.7 Å². The fourth-order valence-electron chi connectivity index (χ4n) is 2.65. The predicted octanol–water partition coefficient (Wildman–Crippen LogP) is 3.94. The molecule has 2 aromatic carbocycles. The molecule has 9 heteroatoms. The number of nitrogens with one attached hydrogen (secondary N) is 1. The van der Waals surface area contributed by atoms with Crippen molar-refractivity contribution in [2.24, 2.45) is 0 Å². The van der Waals surface area contributed by atoms with Gasteiger partial charge in [-0.15, -0.1) is 0 Å². The molecule has 0 atom stereocenters. The van der Waals surface area contributed by atoms with Crippen LogP contribution in [0.1, 0.15) is 5.56 Å². The van der Waals surface area contributed by atoms with E-state index in [0.717, 1.165) is 17.3 Å². The number of nitrogens with zero attached hydrogens (tertiary/aromatic N) is 2. The second-order valence-electron chi connectivity index (χ2n) is 6.24. The van der Waals surface area contributed by atoms with E-state index in [1.54, 1.807) is 43.6 Å². The van der Waals surface area contributed by atoms with Crippen LogP contribution < -0.4 is 20.3 Å². The van der Waals surface area contributed by atoms with Crippen molar-refractivity contribution in [1.29, 1.82) is 0 Å². The number of thioether (sulfide) groups is 1.